The van der Waals surface area contributed by atoms with Crippen molar-refractivity contribution in [2.45, 2.75) is 443 Å². The second-order valence-corrected chi connectivity index (χ2v) is 42.4. The largest absolute Gasteiger partial charge is 0.497 e. The predicted molar refractivity (Wildman–Crippen MR) is 578 cm³/mol. The summed E-state index contributed by atoms with van der Waals surface area (Å²) < 4.78 is 62.6. The number of imide groups is 4. The van der Waals surface area contributed by atoms with Crippen molar-refractivity contribution in [2.75, 3.05) is 40.4 Å². The molecule has 0 unspecified atom stereocenters. The lowest BCUT2D eigenvalue weighted by molar-refractivity contribution is -0.0528. The minimum absolute atomic E-state index is 0.0209. The van der Waals surface area contributed by atoms with Gasteiger partial charge in [0.25, 0.3) is 0 Å². The quantitative estimate of drug-likeness (QED) is 0.0328. The molecule has 0 saturated heterocycles. The van der Waals surface area contributed by atoms with Crippen molar-refractivity contribution in [3.05, 3.63) is 203 Å². The van der Waals surface area contributed by atoms with Crippen LogP contribution in [0.2, 0.25) is 0 Å². The summed E-state index contributed by atoms with van der Waals surface area (Å²) in [4.78, 5) is 124. The number of carbonyl (C=O) groups is 9. The Labute approximate surface area is 880 Å². The first kappa shape index (κ1) is 120. The van der Waals surface area contributed by atoms with E-state index in [0.29, 0.717) is 99.6 Å². The number of nitrogens with zero attached hydrogens (tertiary/aromatic N) is 5. The van der Waals surface area contributed by atoms with E-state index in [1.54, 1.807) is 62.8 Å². The van der Waals surface area contributed by atoms with Gasteiger partial charge >= 0.3 is 54.8 Å². The van der Waals surface area contributed by atoms with E-state index in [9.17, 15) is 43.2 Å². The maximum absolute atomic E-state index is 13.3. The van der Waals surface area contributed by atoms with Gasteiger partial charge in [-0.1, -0.05) is 291 Å². The van der Waals surface area contributed by atoms with Crippen molar-refractivity contribution in [3.63, 3.8) is 0 Å². The van der Waals surface area contributed by atoms with Gasteiger partial charge in [-0.25, -0.2) is 62.8 Å². The highest BCUT2D eigenvalue weighted by molar-refractivity contribution is 5.90. The lowest BCUT2D eigenvalue weighted by Crippen LogP contribution is -2.51. The van der Waals surface area contributed by atoms with Gasteiger partial charge in [-0.05, 0) is 303 Å². The molecule has 0 heterocycles. The van der Waals surface area contributed by atoms with E-state index in [0.717, 1.165) is 146 Å². The van der Waals surface area contributed by atoms with Gasteiger partial charge in [0.1, 0.15) is 64.4 Å². The van der Waals surface area contributed by atoms with E-state index in [2.05, 4.69) is 18.7 Å². The van der Waals surface area contributed by atoms with Gasteiger partial charge in [-0.2, -0.15) is 0 Å². The van der Waals surface area contributed by atoms with E-state index in [1.165, 1.54) is 138 Å². The number of hydrogen-bond acceptors (Lipinski definition) is 20. The molecule has 0 radical (unpaired) electrons. The van der Waals surface area contributed by atoms with Crippen molar-refractivity contribution < 1.29 is 95.3 Å². The van der Waals surface area contributed by atoms with Crippen molar-refractivity contribution in [2.24, 2.45) is 11.8 Å². The van der Waals surface area contributed by atoms with Crippen molar-refractivity contribution in [3.8, 4) is 11.5 Å². The molecule has 6 aromatic rings. The zero-order valence-electron chi connectivity index (χ0n) is 91.7. The first-order chi connectivity index (χ1) is 71.0. The van der Waals surface area contributed by atoms with Gasteiger partial charge in [0.2, 0.25) is 0 Å². The number of rotatable bonds is 37. The lowest BCUT2D eigenvalue weighted by atomic mass is 9.79. The Bertz CT molecular complexity index is 4620. The smallest absolute Gasteiger partial charge is 0.419 e. The monoisotopic (exact) mass is 2030 g/mol. The molecule has 0 aromatic heterocycles. The van der Waals surface area contributed by atoms with Crippen LogP contribution in [-0.4, -0.2) is 172 Å². The number of methoxy groups -OCH3 is 2. The summed E-state index contributed by atoms with van der Waals surface area (Å²) in [5.74, 6) is 2.05. The molecule has 0 spiro atoms. The third-order valence-electron chi connectivity index (χ3n) is 32.2. The van der Waals surface area contributed by atoms with E-state index in [-0.39, 0.29) is 57.2 Å². The molecule has 13 rings (SSSR count). The number of hydrogen-bond donors (Lipinski definition) is 0. The summed E-state index contributed by atoms with van der Waals surface area (Å²) in [6.45, 7) is 25.1. The zero-order chi connectivity index (χ0) is 106. The van der Waals surface area contributed by atoms with Gasteiger partial charge in [0.15, 0.2) is 0 Å². The Morgan fingerprint density at radius 1 is 0.286 bits per heavy atom. The molecule has 7 aliphatic rings. The molecule has 147 heavy (non-hydrogen) atoms. The number of carbonyl (C=O) groups excluding carboxylic acids is 9. The summed E-state index contributed by atoms with van der Waals surface area (Å²) in [7, 11) is 3.16. The molecule has 0 aliphatic heterocycles. The molecule has 0 bridgehead atoms. The minimum Gasteiger partial charge on any atom is -0.497 e. The highest BCUT2D eigenvalue weighted by Gasteiger charge is 2.46. The normalized spacial score (nSPS) is 16.7. The fourth-order valence-corrected chi connectivity index (χ4v) is 21.6. The van der Waals surface area contributed by atoms with E-state index in [1.807, 2.05) is 191 Å². The Kier molecular flexibility index (Phi) is 50.9. The van der Waals surface area contributed by atoms with Gasteiger partial charge in [-0.3, -0.25) is 0 Å². The van der Waals surface area contributed by atoms with Crippen LogP contribution in [0.1, 0.15) is 386 Å². The van der Waals surface area contributed by atoms with Crippen molar-refractivity contribution >= 4 is 54.8 Å². The first-order valence-electron chi connectivity index (χ1n) is 56.2. The SMILES string of the molecule is CC(C)(OC(=O)N(CCc1ccccc1)C(=O)OC(C)(C)C1CCCCC1)C1CCCCC1.CCC(CC)(CC)OC(=O)N(CCc1ccccc1)C(=O)OC(CC)(CC)CC.CCC1(OC(=O)N(C2CCCCC2)C2CCCCC2)CCCC1.CCC1(OC(=O)N(CCc2ccccc2)C(=O)OC2CCCCC2)CCCCC1.COc1ccc(COC(=O)N(CCc2ccccc2)C(=O)OCc2ccc(OC)cc2)cc1. The van der Waals surface area contributed by atoms with Crippen LogP contribution in [0.3, 0.4) is 0 Å². The van der Waals surface area contributed by atoms with Gasteiger partial charge < -0.3 is 57.0 Å². The molecule has 6 aromatic carbocycles. The molecule has 7 fully saturated rings. The number of ether oxygens (including phenoxy) is 11. The Morgan fingerprint density at radius 2 is 0.551 bits per heavy atom. The molecule has 7 aliphatic carbocycles. The molecule has 812 valence electrons. The molecule has 25 heteroatoms. The Hall–Kier alpha value is -10.9. The average molecular weight is 2040 g/mol. The lowest BCUT2D eigenvalue weighted by Gasteiger charge is -2.42. The molecule has 0 atom stereocenters. The van der Waals surface area contributed by atoms with E-state index in [4.69, 9.17) is 52.1 Å². The Morgan fingerprint density at radius 3 is 0.850 bits per heavy atom. The van der Waals surface area contributed by atoms with Crippen LogP contribution in [0, 0.1) is 11.8 Å². The van der Waals surface area contributed by atoms with Gasteiger partial charge in [0, 0.05) is 38.3 Å². The topological polar surface area (TPSA) is 271 Å². The summed E-state index contributed by atoms with van der Waals surface area (Å²) in [5.41, 5.74) is 2.83. The van der Waals surface area contributed by atoms with Crippen LogP contribution < -0.4 is 9.47 Å². The van der Waals surface area contributed by atoms with Crippen LogP contribution in [0.4, 0.5) is 43.2 Å². The minimum atomic E-state index is -0.763. The molecular weight excluding hydrogens is 1860 g/mol. The fourth-order valence-electron chi connectivity index (χ4n) is 21.6. The molecule has 0 N–H and O–H groups in total. The summed E-state index contributed by atoms with van der Waals surface area (Å²) in [6.07, 6.45) is 41.7. The summed E-state index contributed by atoms with van der Waals surface area (Å²) in [6, 6.07) is 54.4. The second kappa shape index (κ2) is 62.6. The third kappa shape index (κ3) is 38.9. The van der Waals surface area contributed by atoms with Gasteiger partial charge in [-0.15, -0.1) is 0 Å². The van der Waals surface area contributed by atoms with Crippen LogP contribution in [-0.2, 0) is 81.5 Å². The highest BCUT2D eigenvalue weighted by atomic mass is 16.6. The second-order valence-electron chi connectivity index (χ2n) is 42.4. The molecular formula is C122H179N5O20. The average Bonchev–Trinajstić information content (AvgIpc) is 1.64. The maximum Gasteiger partial charge on any atom is 0.419 e. The van der Waals surface area contributed by atoms with E-state index < -0.39 is 76.8 Å². The molecule has 25 nitrogen and oxygen atoms in total. The number of amides is 9. The Balaban J connectivity index is 0.000000205. The standard InChI is InChI=1S/C28H43NO4.C26H27NO6.C24H35NO4.C24H39NO4.C20H35NO2/c1-27(2,23-16-10-6-11-17-23)32-25(30)29(21-20-22-14-8-5-9-15-22)26(31)33-28(3,4)24-18-12-7-13-19-24;1-30-23-12-8-21(9-13-23)18-32-25(28)27(17-16-20-6-4-3-5-7-20)26(29)33-19-22-10-14-24(31-2)15-11-22;1-2-24(17-10-5-11-18-24)29-23(27)25(19-16-20-12-6-3-7-13-20)22(26)28-21-14-8-4-9-15-21;1-7-23(8-2,9-3)28-21(26)25(19-18-20-16-14-13-15-17-20)22(27)29-24(10-4,11-5)12-6;1-2-20(15-9-10-16-20)23-19(22)21(17-11-5-3-6-12-17)18-13-7-4-8-14-18/h5,8-9,14-15,23-24H,6-7,10-13,16-21H2,1-4H3;3-15H,16-19H2,1-2H3;3,6-7,12-13,21H,2,4-5,8-11,14-19H2,1H3;13-17H,7-12,18-19H2,1-6H3;17-18H,2-16H2,1H3. The zero-order valence-corrected chi connectivity index (χ0v) is 91.7. The third-order valence-corrected chi connectivity index (χ3v) is 32.2. The molecule has 9 amide bonds. The van der Waals surface area contributed by atoms with Crippen molar-refractivity contribution in [1.82, 2.24) is 24.5 Å². The summed E-state index contributed by atoms with van der Waals surface area (Å²) >= 11 is 0. The van der Waals surface area contributed by atoms with Crippen LogP contribution in [0.25, 0.3) is 0 Å². The molecule has 7 saturated carbocycles. The fraction of sp³-hybridized carbons (Fsp3) is 0.631. The van der Waals surface area contributed by atoms with Crippen LogP contribution >= 0.6 is 0 Å². The van der Waals surface area contributed by atoms with Crippen molar-refractivity contribution in [1.29, 1.82) is 0 Å². The van der Waals surface area contributed by atoms with Crippen LogP contribution in [0.15, 0.2) is 170 Å². The summed E-state index contributed by atoms with van der Waals surface area (Å²) in [5, 5.41) is 0. The van der Waals surface area contributed by atoms with Gasteiger partial charge in [0.05, 0.1) is 14.2 Å². The van der Waals surface area contributed by atoms with E-state index >= 15 is 0 Å². The van der Waals surface area contributed by atoms with Crippen LogP contribution in [0.5, 0.6) is 11.5 Å². The highest BCUT2D eigenvalue weighted by Crippen LogP contribution is 2.43. The number of benzene rings is 6. The first-order valence-corrected chi connectivity index (χ1v) is 56.2. The maximum atomic E-state index is 13.3. The predicted octanol–water partition coefficient (Wildman–Crippen LogP) is 31.5.